The van der Waals surface area contributed by atoms with Crippen molar-refractivity contribution in [2.24, 2.45) is 11.8 Å². The zero-order chi connectivity index (χ0) is 16.5. The molecule has 0 saturated heterocycles. The van der Waals surface area contributed by atoms with Crippen molar-refractivity contribution in [3.63, 3.8) is 0 Å². The van der Waals surface area contributed by atoms with Crippen LogP contribution in [0, 0.1) is 11.8 Å². The molecule has 0 aliphatic heterocycles. The second-order valence-corrected chi connectivity index (χ2v) is 6.91. The smallest absolute Gasteiger partial charge is 0.222 e. The maximum atomic E-state index is 12.3. The van der Waals surface area contributed by atoms with Crippen LogP contribution in [0.4, 0.5) is 0 Å². The molecule has 3 unspecified atom stereocenters. The molecular formula is C17H34N2O3. The van der Waals surface area contributed by atoms with Crippen LogP contribution >= 0.6 is 0 Å². The van der Waals surface area contributed by atoms with Gasteiger partial charge >= 0.3 is 0 Å². The maximum Gasteiger partial charge on any atom is 0.222 e. The number of hydrogen-bond donors (Lipinski definition) is 1. The molecule has 1 rings (SSSR count). The lowest BCUT2D eigenvalue weighted by molar-refractivity contribution is -0.133. The Morgan fingerprint density at radius 3 is 2.59 bits per heavy atom. The molecule has 1 saturated carbocycles. The normalized spacial score (nSPS) is 23.5. The van der Waals surface area contributed by atoms with Crippen LogP contribution in [-0.2, 0) is 9.53 Å². The second kappa shape index (κ2) is 10.2. The van der Waals surface area contributed by atoms with Crippen LogP contribution in [0.2, 0.25) is 0 Å². The molecule has 0 radical (unpaired) electrons. The predicted molar refractivity (Wildman–Crippen MR) is 88.8 cm³/mol. The van der Waals surface area contributed by atoms with Crippen LogP contribution < -0.4 is 0 Å². The zero-order valence-electron chi connectivity index (χ0n) is 14.8. The number of rotatable bonds is 9. The van der Waals surface area contributed by atoms with E-state index in [2.05, 4.69) is 6.92 Å². The van der Waals surface area contributed by atoms with E-state index >= 15 is 0 Å². The number of ether oxygens (including phenoxy) is 1. The van der Waals surface area contributed by atoms with E-state index in [-0.39, 0.29) is 5.91 Å². The van der Waals surface area contributed by atoms with Crippen molar-refractivity contribution in [2.75, 3.05) is 47.4 Å². The zero-order valence-corrected chi connectivity index (χ0v) is 14.8. The van der Waals surface area contributed by atoms with Gasteiger partial charge in [0.1, 0.15) is 0 Å². The molecule has 22 heavy (non-hydrogen) atoms. The van der Waals surface area contributed by atoms with Gasteiger partial charge in [0.25, 0.3) is 0 Å². The average molecular weight is 314 g/mol. The third kappa shape index (κ3) is 7.07. The lowest BCUT2D eigenvalue weighted by Gasteiger charge is -2.30. The molecule has 3 atom stereocenters. The van der Waals surface area contributed by atoms with Gasteiger partial charge in [0.2, 0.25) is 5.91 Å². The van der Waals surface area contributed by atoms with Gasteiger partial charge in [0, 0.05) is 40.2 Å². The Bertz CT molecular complexity index is 325. The molecule has 1 aliphatic carbocycles. The number of carbonyl (C=O) groups excluding carboxylic acids is 1. The minimum Gasteiger partial charge on any atom is -0.390 e. The Hall–Kier alpha value is -0.650. The van der Waals surface area contributed by atoms with Crippen LogP contribution in [0.3, 0.4) is 0 Å². The molecule has 1 fully saturated rings. The van der Waals surface area contributed by atoms with Crippen molar-refractivity contribution in [1.82, 2.24) is 9.80 Å². The molecular weight excluding hydrogens is 280 g/mol. The summed E-state index contributed by atoms with van der Waals surface area (Å²) in [6.45, 7) is 4.65. The summed E-state index contributed by atoms with van der Waals surface area (Å²) in [5.74, 6) is 1.33. The number of aliphatic hydroxyl groups excluding tert-OH is 1. The average Bonchev–Trinajstić information content (AvgIpc) is 2.47. The largest absolute Gasteiger partial charge is 0.390 e. The van der Waals surface area contributed by atoms with Gasteiger partial charge in [-0.15, -0.1) is 0 Å². The van der Waals surface area contributed by atoms with Crippen LogP contribution in [-0.4, -0.2) is 74.4 Å². The first-order valence-corrected chi connectivity index (χ1v) is 8.53. The van der Waals surface area contributed by atoms with Crippen molar-refractivity contribution in [1.29, 1.82) is 0 Å². The van der Waals surface area contributed by atoms with Crippen LogP contribution in [0.1, 0.15) is 39.0 Å². The Kier molecular flexibility index (Phi) is 8.98. The number of carbonyl (C=O) groups is 1. The quantitative estimate of drug-likeness (QED) is 0.702. The van der Waals surface area contributed by atoms with Gasteiger partial charge < -0.3 is 19.6 Å². The van der Waals surface area contributed by atoms with Crippen molar-refractivity contribution in [2.45, 2.75) is 45.1 Å². The Morgan fingerprint density at radius 1 is 1.27 bits per heavy atom. The highest BCUT2D eigenvalue weighted by Crippen LogP contribution is 2.32. The molecule has 1 aliphatic rings. The summed E-state index contributed by atoms with van der Waals surface area (Å²) < 4.78 is 5.02. The van der Waals surface area contributed by atoms with Crippen molar-refractivity contribution < 1.29 is 14.6 Å². The highest BCUT2D eigenvalue weighted by molar-refractivity contribution is 5.76. The standard InChI is InChI=1S/C17H34N2O3/c1-14-7-5-6-8-15(14)11-17(21)19(3)13-16(20)12-18(2)9-10-22-4/h14-16,20H,5-13H2,1-4H3. The third-order valence-electron chi connectivity index (χ3n) is 4.84. The van der Waals surface area contributed by atoms with E-state index in [1.54, 1.807) is 19.1 Å². The number of aliphatic hydroxyl groups is 1. The van der Waals surface area contributed by atoms with Gasteiger partial charge in [-0.05, 0) is 25.3 Å². The van der Waals surface area contributed by atoms with Gasteiger partial charge in [-0.2, -0.15) is 0 Å². The van der Waals surface area contributed by atoms with Crippen molar-refractivity contribution in [3.8, 4) is 0 Å². The molecule has 0 spiro atoms. The van der Waals surface area contributed by atoms with E-state index < -0.39 is 6.10 Å². The van der Waals surface area contributed by atoms with Crippen LogP contribution in [0.25, 0.3) is 0 Å². The number of hydrogen-bond acceptors (Lipinski definition) is 4. The fraction of sp³-hybridized carbons (Fsp3) is 0.941. The van der Waals surface area contributed by atoms with Gasteiger partial charge in [-0.1, -0.05) is 26.2 Å². The first-order chi connectivity index (χ1) is 10.4. The van der Waals surface area contributed by atoms with E-state index in [4.69, 9.17) is 4.74 Å². The summed E-state index contributed by atoms with van der Waals surface area (Å²) in [4.78, 5) is 16.0. The SMILES string of the molecule is COCCN(C)CC(O)CN(C)C(=O)CC1CCCCC1C. The van der Waals surface area contributed by atoms with E-state index in [1.807, 2.05) is 11.9 Å². The minimum absolute atomic E-state index is 0.164. The fourth-order valence-corrected chi connectivity index (χ4v) is 3.25. The first-order valence-electron chi connectivity index (χ1n) is 8.53. The van der Waals surface area contributed by atoms with Crippen molar-refractivity contribution in [3.05, 3.63) is 0 Å². The summed E-state index contributed by atoms with van der Waals surface area (Å²) in [6.07, 6.45) is 5.08. The summed E-state index contributed by atoms with van der Waals surface area (Å²) >= 11 is 0. The summed E-state index contributed by atoms with van der Waals surface area (Å²) in [6, 6.07) is 0. The van der Waals surface area contributed by atoms with Gasteiger partial charge in [0.05, 0.1) is 12.7 Å². The van der Waals surface area contributed by atoms with Crippen LogP contribution in [0.15, 0.2) is 0 Å². The molecule has 0 aromatic carbocycles. The molecule has 5 nitrogen and oxygen atoms in total. The predicted octanol–water partition coefficient (Wildman–Crippen LogP) is 1.60. The highest BCUT2D eigenvalue weighted by atomic mass is 16.5. The maximum absolute atomic E-state index is 12.3. The molecule has 0 aromatic heterocycles. The van der Waals surface area contributed by atoms with E-state index in [0.29, 0.717) is 38.0 Å². The Morgan fingerprint density at radius 2 is 1.95 bits per heavy atom. The molecule has 0 aromatic rings. The lowest BCUT2D eigenvalue weighted by atomic mass is 9.78. The number of methoxy groups -OCH3 is 1. The van der Waals surface area contributed by atoms with Gasteiger partial charge in [-0.25, -0.2) is 0 Å². The Balaban J connectivity index is 2.30. The van der Waals surface area contributed by atoms with E-state index in [1.165, 1.54) is 25.7 Å². The molecule has 1 amide bonds. The Labute approximate surface area is 135 Å². The summed E-state index contributed by atoms with van der Waals surface area (Å²) in [7, 11) is 5.42. The van der Waals surface area contributed by atoms with E-state index in [0.717, 1.165) is 6.54 Å². The number of nitrogens with zero attached hydrogens (tertiary/aromatic N) is 2. The summed E-state index contributed by atoms with van der Waals surface area (Å²) in [5.41, 5.74) is 0. The molecule has 5 heteroatoms. The van der Waals surface area contributed by atoms with Gasteiger partial charge in [-0.3, -0.25) is 4.79 Å². The molecule has 0 bridgehead atoms. The van der Waals surface area contributed by atoms with Crippen molar-refractivity contribution >= 4 is 5.91 Å². The second-order valence-electron chi connectivity index (χ2n) is 6.91. The monoisotopic (exact) mass is 314 g/mol. The number of amides is 1. The molecule has 1 N–H and O–H groups in total. The van der Waals surface area contributed by atoms with Gasteiger partial charge in [0.15, 0.2) is 0 Å². The highest BCUT2D eigenvalue weighted by Gasteiger charge is 2.25. The number of likely N-dealkylation sites (N-methyl/N-ethyl adjacent to an activating group) is 2. The summed E-state index contributed by atoms with van der Waals surface area (Å²) in [5, 5.41) is 10.1. The van der Waals surface area contributed by atoms with Crippen LogP contribution in [0.5, 0.6) is 0 Å². The topological polar surface area (TPSA) is 53.0 Å². The molecule has 0 heterocycles. The minimum atomic E-state index is -0.514. The third-order valence-corrected chi connectivity index (χ3v) is 4.84. The lowest BCUT2D eigenvalue weighted by Crippen LogP contribution is -2.41. The van der Waals surface area contributed by atoms with E-state index in [9.17, 15) is 9.90 Å². The fourth-order valence-electron chi connectivity index (χ4n) is 3.25. The molecule has 130 valence electrons. The first kappa shape index (κ1) is 19.4.